The van der Waals surface area contributed by atoms with Gasteiger partial charge >= 0.3 is 0 Å². The molecule has 0 radical (unpaired) electrons. The number of anilines is 1. The van der Waals surface area contributed by atoms with E-state index in [9.17, 15) is 0 Å². The minimum absolute atomic E-state index is 0.551. The number of aromatic amines is 1. The number of hydrogen-bond donors (Lipinski definition) is 2. The fraction of sp³-hybridized carbons (Fsp3) is 0.0667. The largest absolute Gasteiger partial charge is 0.357 e. The molecule has 2 N–H and O–H groups in total. The lowest BCUT2D eigenvalue weighted by atomic mass is 10.1. The first-order chi connectivity index (χ1) is 10.3. The molecule has 0 bridgehead atoms. The van der Waals surface area contributed by atoms with Crippen molar-refractivity contribution in [2.45, 2.75) is 0 Å². The Morgan fingerprint density at radius 2 is 2.00 bits per heavy atom. The molecule has 1 aromatic carbocycles. The Hall–Kier alpha value is -3.02. The van der Waals surface area contributed by atoms with E-state index in [0.29, 0.717) is 11.6 Å². The third-order valence-electron chi connectivity index (χ3n) is 3.40. The van der Waals surface area contributed by atoms with E-state index in [1.807, 2.05) is 30.5 Å². The van der Waals surface area contributed by atoms with E-state index in [0.717, 1.165) is 27.5 Å². The standard InChI is InChI=1S/C15H12N6/c1-16-15-19-13(11-8-18-21-14(11)20-15)10-6-9-4-2-3-5-12(9)17-7-10/h2-8H,1H3,(H2,16,18,19,20,21). The second-order valence-electron chi connectivity index (χ2n) is 4.69. The van der Waals surface area contributed by atoms with Crippen molar-refractivity contribution in [3.8, 4) is 11.3 Å². The molecule has 6 nitrogen and oxygen atoms in total. The third kappa shape index (κ3) is 1.88. The fourth-order valence-electron chi connectivity index (χ4n) is 2.37. The summed E-state index contributed by atoms with van der Waals surface area (Å²) in [6, 6.07) is 10.1. The summed E-state index contributed by atoms with van der Waals surface area (Å²) in [7, 11) is 1.79. The average Bonchev–Trinajstić information content (AvgIpc) is 3.01. The summed E-state index contributed by atoms with van der Waals surface area (Å²) >= 11 is 0. The SMILES string of the molecule is CNc1nc(-c2cnc3ccccc3c2)c2cn[nH]c2n1. The van der Waals surface area contributed by atoms with Crippen molar-refractivity contribution in [3.05, 3.63) is 42.7 Å². The number of rotatable bonds is 2. The van der Waals surface area contributed by atoms with Crippen LogP contribution in [-0.2, 0) is 0 Å². The van der Waals surface area contributed by atoms with Crippen molar-refractivity contribution in [1.29, 1.82) is 0 Å². The minimum Gasteiger partial charge on any atom is -0.357 e. The molecule has 0 fully saturated rings. The van der Waals surface area contributed by atoms with Gasteiger partial charge in [-0.05, 0) is 12.1 Å². The Balaban J connectivity index is 2.00. The first kappa shape index (κ1) is 11.8. The zero-order valence-corrected chi connectivity index (χ0v) is 11.3. The monoisotopic (exact) mass is 276 g/mol. The highest BCUT2D eigenvalue weighted by molar-refractivity contribution is 5.93. The van der Waals surface area contributed by atoms with Crippen LogP contribution < -0.4 is 5.32 Å². The molecule has 3 aromatic heterocycles. The van der Waals surface area contributed by atoms with Crippen LogP contribution in [0.25, 0.3) is 33.2 Å². The van der Waals surface area contributed by atoms with Gasteiger partial charge in [0.25, 0.3) is 0 Å². The molecule has 0 saturated carbocycles. The molecule has 0 aliphatic heterocycles. The van der Waals surface area contributed by atoms with Gasteiger partial charge in [0, 0.05) is 24.2 Å². The van der Waals surface area contributed by atoms with Crippen LogP contribution in [0.3, 0.4) is 0 Å². The van der Waals surface area contributed by atoms with Gasteiger partial charge in [-0.25, -0.2) is 4.98 Å². The van der Waals surface area contributed by atoms with Crippen molar-refractivity contribution in [3.63, 3.8) is 0 Å². The molecule has 0 amide bonds. The van der Waals surface area contributed by atoms with E-state index in [1.54, 1.807) is 13.2 Å². The summed E-state index contributed by atoms with van der Waals surface area (Å²) in [6.07, 6.45) is 3.57. The Bertz CT molecular complexity index is 943. The molecule has 0 aliphatic carbocycles. The van der Waals surface area contributed by atoms with Gasteiger partial charge in [0.2, 0.25) is 5.95 Å². The van der Waals surface area contributed by atoms with Crippen LogP contribution in [0.15, 0.2) is 42.7 Å². The molecule has 0 aliphatic rings. The number of benzene rings is 1. The normalized spacial score (nSPS) is 11.1. The maximum absolute atomic E-state index is 4.55. The molecule has 0 atom stereocenters. The second kappa shape index (κ2) is 4.52. The number of para-hydroxylation sites is 1. The van der Waals surface area contributed by atoms with Crippen molar-refractivity contribution in [2.75, 3.05) is 12.4 Å². The number of H-pyrrole nitrogens is 1. The van der Waals surface area contributed by atoms with Gasteiger partial charge in [0.1, 0.15) is 0 Å². The van der Waals surface area contributed by atoms with Gasteiger partial charge in [-0.3, -0.25) is 10.1 Å². The Morgan fingerprint density at radius 1 is 1.10 bits per heavy atom. The lowest BCUT2D eigenvalue weighted by molar-refractivity contribution is 1.09. The van der Waals surface area contributed by atoms with Gasteiger partial charge in [0.05, 0.1) is 22.8 Å². The highest BCUT2D eigenvalue weighted by Crippen LogP contribution is 2.27. The van der Waals surface area contributed by atoms with Crippen LogP contribution in [0, 0.1) is 0 Å². The highest BCUT2D eigenvalue weighted by atomic mass is 15.2. The topological polar surface area (TPSA) is 79.4 Å². The van der Waals surface area contributed by atoms with E-state index >= 15 is 0 Å². The van der Waals surface area contributed by atoms with Gasteiger partial charge in [-0.15, -0.1) is 0 Å². The molecule has 4 aromatic rings. The first-order valence-corrected chi connectivity index (χ1v) is 6.59. The molecule has 102 valence electrons. The lowest BCUT2D eigenvalue weighted by Crippen LogP contribution is -1.98. The smallest absolute Gasteiger partial charge is 0.225 e. The van der Waals surface area contributed by atoms with Crippen LogP contribution >= 0.6 is 0 Å². The van der Waals surface area contributed by atoms with Crippen molar-refractivity contribution in [1.82, 2.24) is 25.1 Å². The Labute approximate surface area is 120 Å². The van der Waals surface area contributed by atoms with Gasteiger partial charge in [-0.2, -0.15) is 10.1 Å². The first-order valence-electron chi connectivity index (χ1n) is 6.59. The zero-order chi connectivity index (χ0) is 14.2. The molecule has 6 heteroatoms. The zero-order valence-electron chi connectivity index (χ0n) is 11.3. The summed E-state index contributed by atoms with van der Waals surface area (Å²) < 4.78 is 0. The summed E-state index contributed by atoms with van der Waals surface area (Å²) in [5.74, 6) is 0.551. The molecule has 0 saturated heterocycles. The molecule has 21 heavy (non-hydrogen) atoms. The predicted molar refractivity (Wildman–Crippen MR) is 82.0 cm³/mol. The summed E-state index contributed by atoms with van der Waals surface area (Å²) in [5, 5.41) is 11.9. The number of nitrogens with one attached hydrogen (secondary N) is 2. The molecular weight excluding hydrogens is 264 g/mol. The molecule has 4 rings (SSSR count). The Kier molecular flexibility index (Phi) is 2.53. The van der Waals surface area contributed by atoms with Gasteiger partial charge in [-0.1, -0.05) is 18.2 Å². The maximum atomic E-state index is 4.55. The van der Waals surface area contributed by atoms with Crippen molar-refractivity contribution in [2.24, 2.45) is 0 Å². The molecule has 0 spiro atoms. The predicted octanol–water partition coefficient (Wildman–Crippen LogP) is 2.61. The van der Waals surface area contributed by atoms with E-state index in [1.165, 1.54) is 0 Å². The van der Waals surface area contributed by atoms with Crippen LogP contribution in [0.1, 0.15) is 0 Å². The van der Waals surface area contributed by atoms with Crippen LogP contribution in [-0.4, -0.2) is 32.2 Å². The number of fused-ring (bicyclic) bond motifs is 2. The minimum atomic E-state index is 0.551. The average molecular weight is 276 g/mol. The molecule has 0 unspecified atom stereocenters. The maximum Gasteiger partial charge on any atom is 0.225 e. The highest BCUT2D eigenvalue weighted by Gasteiger charge is 2.11. The van der Waals surface area contributed by atoms with E-state index in [-0.39, 0.29) is 0 Å². The summed E-state index contributed by atoms with van der Waals surface area (Å²) in [6.45, 7) is 0. The number of aromatic nitrogens is 5. The Morgan fingerprint density at radius 3 is 2.90 bits per heavy atom. The summed E-state index contributed by atoms with van der Waals surface area (Å²) in [5.41, 5.74) is 3.43. The van der Waals surface area contributed by atoms with E-state index in [2.05, 4.69) is 36.5 Å². The quantitative estimate of drug-likeness (QED) is 0.588. The molecule has 3 heterocycles. The van der Waals surface area contributed by atoms with Crippen molar-refractivity contribution >= 4 is 27.9 Å². The van der Waals surface area contributed by atoms with Crippen molar-refractivity contribution < 1.29 is 0 Å². The fourth-order valence-corrected chi connectivity index (χ4v) is 2.37. The van der Waals surface area contributed by atoms with Gasteiger partial charge < -0.3 is 5.32 Å². The number of hydrogen-bond acceptors (Lipinski definition) is 5. The number of nitrogens with zero attached hydrogens (tertiary/aromatic N) is 4. The lowest BCUT2D eigenvalue weighted by Gasteiger charge is -2.06. The third-order valence-corrected chi connectivity index (χ3v) is 3.40. The van der Waals surface area contributed by atoms with E-state index in [4.69, 9.17) is 0 Å². The number of pyridine rings is 1. The van der Waals surface area contributed by atoms with Crippen LogP contribution in [0.2, 0.25) is 0 Å². The molecular formula is C15H12N6. The van der Waals surface area contributed by atoms with E-state index < -0.39 is 0 Å². The van der Waals surface area contributed by atoms with Gasteiger partial charge in [0.15, 0.2) is 5.65 Å². The second-order valence-corrected chi connectivity index (χ2v) is 4.69. The van der Waals surface area contributed by atoms with Crippen LogP contribution in [0.4, 0.5) is 5.95 Å². The summed E-state index contributed by atoms with van der Waals surface area (Å²) in [4.78, 5) is 13.4. The van der Waals surface area contributed by atoms with Crippen LogP contribution in [0.5, 0.6) is 0 Å².